The number of nitrogen functional groups attached to an aromatic ring is 1. The Kier molecular flexibility index (Phi) is 1.21. The molecule has 0 aromatic carbocycles. The molecule has 1 aromatic rings. The molecule has 0 radical (unpaired) electrons. The molecular formula is C5H6FNS. The van der Waals surface area contributed by atoms with Gasteiger partial charge in [-0.2, -0.15) is 0 Å². The summed E-state index contributed by atoms with van der Waals surface area (Å²) in [6.45, 7) is 1.70. The lowest BCUT2D eigenvalue weighted by molar-refractivity contribution is 0.626. The van der Waals surface area contributed by atoms with Crippen molar-refractivity contribution in [1.29, 1.82) is 0 Å². The maximum absolute atomic E-state index is 12.3. The Balaban J connectivity index is 3.14. The highest BCUT2D eigenvalue weighted by molar-refractivity contribution is 7.15. The van der Waals surface area contributed by atoms with E-state index in [9.17, 15) is 4.39 Å². The van der Waals surface area contributed by atoms with Gasteiger partial charge in [-0.25, -0.2) is 4.39 Å². The molecule has 0 bridgehead atoms. The Labute approximate surface area is 50.9 Å². The van der Waals surface area contributed by atoms with Gasteiger partial charge in [-0.15, -0.1) is 11.3 Å². The van der Waals surface area contributed by atoms with Crippen LogP contribution >= 0.6 is 11.3 Å². The molecule has 0 saturated carbocycles. The molecule has 8 heavy (non-hydrogen) atoms. The minimum Gasteiger partial charge on any atom is -0.390 e. The van der Waals surface area contributed by atoms with E-state index in [4.69, 9.17) is 5.73 Å². The van der Waals surface area contributed by atoms with E-state index in [0.29, 0.717) is 9.88 Å². The van der Waals surface area contributed by atoms with Crippen LogP contribution in [0.5, 0.6) is 0 Å². The van der Waals surface area contributed by atoms with Crippen molar-refractivity contribution in [1.82, 2.24) is 0 Å². The van der Waals surface area contributed by atoms with Gasteiger partial charge in [-0.3, -0.25) is 0 Å². The molecule has 1 nitrogen and oxygen atoms in total. The highest BCUT2D eigenvalue weighted by atomic mass is 32.1. The van der Waals surface area contributed by atoms with E-state index in [-0.39, 0.29) is 5.82 Å². The Morgan fingerprint density at radius 2 is 2.38 bits per heavy atom. The molecule has 0 amide bonds. The number of halogens is 1. The summed E-state index contributed by atoms with van der Waals surface area (Å²) in [6, 6.07) is 1.33. The molecule has 0 saturated heterocycles. The summed E-state index contributed by atoms with van der Waals surface area (Å²) in [5.41, 5.74) is 5.26. The van der Waals surface area contributed by atoms with Gasteiger partial charge in [0.15, 0.2) is 0 Å². The zero-order valence-electron chi connectivity index (χ0n) is 4.44. The second-order valence-electron chi connectivity index (χ2n) is 1.55. The fraction of sp³-hybridized carbons (Fsp3) is 0.200. The molecule has 1 aromatic heterocycles. The number of anilines is 1. The van der Waals surface area contributed by atoms with Crippen LogP contribution in [-0.4, -0.2) is 0 Å². The predicted octanol–water partition coefficient (Wildman–Crippen LogP) is 1.78. The fourth-order valence-corrected chi connectivity index (χ4v) is 1.15. The zero-order valence-corrected chi connectivity index (χ0v) is 5.26. The van der Waals surface area contributed by atoms with Crippen molar-refractivity contribution in [2.45, 2.75) is 6.92 Å². The van der Waals surface area contributed by atoms with Gasteiger partial charge in [0.1, 0.15) is 5.82 Å². The van der Waals surface area contributed by atoms with Gasteiger partial charge in [0.05, 0.1) is 5.00 Å². The first kappa shape index (κ1) is 5.56. The molecule has 0 aliphatic carbocycles. The quantitative estimate of drug-likeness (QED) is 0.570. The van der Waals surface area contributed by atoms with E-state index in [1.807, 2.05) is 0 Å². The van der Waals surface area contributed by atoms with Crippen molar-refractivity contribution < 1.29 is 4.39 Å². The Morgan fingerprint density at radius 1 is 1.75 bits per heavy atom. The first-order valence-electron chi connectivity index (χ1n) is 2.21. The molecule has 0 spiro atoms. The summed E-state index contributed by atoms with van der Waals surface area (Å²) in [5, 5.41) is 0.542. The van der Waals surface area contributed by atoms with E-state index < -0.39 is 0 Å². The topological polar surface area (TPSA) is 26.0 Å². The van der Waals surface area contributed by atoms with Crippen molar-refractivity contribution >= 4 is 16.3 Å². The van der Waals surface area contributed by atoms with E-state index in [1.54, 1.807) is 6.92 Å². The smallest absolute Gasteiger partial charge is 0.138 e. The first-order chi connectivity index (χ1) is 3.70. The normalized spacial score (nSPS) is 9.75. The fourth-order valence-electron chi connectivity index (χ4n) is 0.482. The van der Waals surface area contributed by atoms with Gasteiger partial charge < -0.3 is 5.73 Å². The van der Waals surface area contributed by atoms with Crippen LogP contribution in [0, 0.1) is 12.7 Å². The Hall–Kier alpha value is -0.570. The molecule has 3 heteroatoms. The van der Waals surface area contributed by atoms with Crippen LogP contribution in [-0.2, 0) is 0 Å². The van der Waals surface area contributed by atoms with Crippen molar-refractivity contribution in [3.8, 4) is 0 Å². The average Bonchev–Trinajstić information content (AvgIpc) is 1.85. The summed E-state index contributed by atoms with van der Waals surface area (Å²) >= 11 is 1.27. The molecule has 0 aliphatic rings. The maximum atomic E-state index is 12.3. The molecule has 0 fully saturated rings. The van der Waals surface area contributed by atoms with Gasteiger partial charge in [0.25, 0.3) is 0 Å². The van der Waals surface area contributed by atoms with E-state index in [2.05, 4.69) is 0 Å². The predicted molar refractivity (Wildman–Crippen MR) is 33.4 cm³/mol. The molecule has 1 rings (SSSR count). The van der Waals surface area contributed by atoms with Gasteiger partial charge in [-0.05, 0) is 6.92 Å². The highest BCUT2D eigenvalue weighted by Gasteiger charge is 1.98. The molecule has 0 unspecified atom stereocenters. The van der Waals surface area contributed by atoms with Crippen molar-refractivity contribution in [2.24, 2.45) is 0 Å². The SMILES string of the molecule is Cc1sc(N)cc1F. The lowest BCUT2D eigenvalue weighted by atomic mass is 10.5. The van der Waals surface area contributed by atoms with Crippen molar-refractivity contribution in [3.63, 3.8) is 0 Å². The maximum Gasteiger partial charge on any atom is 0.138 e. The minimum atomic E-state index is -0.201. The van der Waals surface area contributed by atoms with Gasteiger partial charge in [-0.1, -0.05) is 0 Å². The lowest BCUT2D eigenvalue weighted by Crippen LogP contribution is -1.73. The Morgan fingerprint density at radius 3 is 2.50 bits per heavy atom. The van der Waals surface area contributed by atoms with Crippen molar-refractivity contribution in [2.75, 3.05) is 5.73 Å². The molecule has 0 aliphatic heterocycles. The lowest BCUT2D eigenvalue weighted by Gasteiger charge is -1.75. The molecule has 1 heterocycles. The molecule has 0 atom stereocenters. The number of thiophene rings is 1. The van der Waals surface area contributed by atoms with Crippen LogP contribution in [0.15, 0.2) is 6.07 Å². The second kappa shape index (κ2) is 1.74. The zero-order chi connectivity index (χ0) is 6.15. The standard InChI is InChI=1S/C5H6FNS/c1-3-4(6)2-5(7)8-3/h2H,7H2,1H3. The average molecular weight is 131 g/mol. The summed E-state index contributed by atoms with van der Waals surface area (Å²) in [5.74, 6) is -0.201. The monoisotopic (exact) mass is 131 g/mol. The Bertz CT molecular complexity index is 175. The summed E-state index contributed by atoms with van der Waals surface area (Å²) < 4.78 is 12.3. The summed E-state index contributed by atoms with van der Waals surface area (Å²) in [6.07, 6.45) is 0. The second-order valence-corrected chi connectivity index (χ2v) is 2.84. The molecular weight excluding hydrogens is 125 g/mol. The largest absolute Gasteiger partial charge is 0.390 e. The first-order valence-corrected chi connectivity index (χ1v) is 3.03. The highest BCUT2D eigenvalue weighted by Crippen LogP contribution is 2.20. The third-order valence-corrected chi connectivity index (χ3v) is 1.73. The number of hydrogen-bond acceptors (Lipinski definition) is 2. The number of hydrogen-bond donors (Lipinski definition) is 1. The van der Waals surface area contributed by atoms with Crippen LogP contribution in [0.4, 0.5) is 9.39 Å². The van der Waals surface area contributed by atoms with Crippen molar-refractivity contribution in [3.05, 3.63) is 16.8 Å². The van der Waals surface area contributed by atoms with Crippen LogP contribution in [0.1, 0.15) is 4.88 Å². The third kappa shape index (κ3) is 0.816. The van der Waals surface area contributed by atoms with E-state index in [0.717, 1.165) is 0 Å². The van der Waals surface area contributed by atoms with E-state index >= 15 is 0 Å². The van der Waals surface area contributed by atoms with Gasteiger partial charge >= 0.3 is 0 Å². The third-order valence-electron chi connectivity index (χ3n) is 0.876. The summed E-state index contributed by atoms with van der Waals surface area (Å²) in [4.78, 5) is 0.655. The van der Waals surface area contributed by atoms with Gasteiger partial charge in [0, 0.05) is 10.9 Å². The minimum absolute atomic E-state index is 0.201. The summed E-state index contributed by atoms with van der Waals surface area (Å²) in [7, 11) is 0. The van der Waals surface area contributed by atoms with Crippen LogP contribution in [0.3, 0.4) is 0 Å². The van der Waals surface area contributed by atoms with Crippen LogP contribution in [0.2, 0.25) is 0 Å². The van der Waals surface area contributed by atoms with E-state index in [1.165, 1.54) is 17.4 Å². The molecule has 44 valence electrons. The van der Waals surface area contributed by atoms with Crippen LogP contribution < -0.4 is 5.73 Å². The number of rotatable bonds is 0. The van der Waals surface area contributed by atoms with Crippen LogP contribution in [0.25, 0.3) is 0 Å². The van der Waals surface area contributed by atoms with Gasteiger partial charge in [0.2, 0.25) is 0 Å². The number of nitrogens with two attached hydrogens (primary N) is 1. The molecule has 2 N–H and O–H groups in total. The number of aryl methyl sites for hydroxylation is 1.